The Morgan fingerprint density at radius 2 is 1.49 bits per heavy atom. The summed E-state index contributed by atoms with van der Waals surface area (Å²) >= 11 is 0. The Hall–Kier alpha value is -4.82. The molecule has 0 spiro atoms. The topological polar surface area (TPSA) is 8.17 Å². The van der Waals surface area contributed by atoms with Crippen molar-refractivity contribution in [2.24, 2.45) is 40.9 Å². The van der Waals surface area contributed by atoms with Gasteiger partial charge in [0.15, 0.2) is 0 Å². The van der Waals surface area contributed by atoms with E-state index in [0.29, 0.717) is 47.6 Å². The number of nitrogens with zero attached hydrogens (tertiary/aromatic N) is 2. The van der Waals surface area contributed by atoms with Crippen molar-refractivity contribution in [2.45, 2.75) is 51.6 Å². The van der Waals surface area contributed by atoms with Crippen LogP contribution in [0.15, 0.2) is 157 Å². The number of rotatable bonds is 3. The molecule has 0 bridgehead atoms. The number of hydrogen-bond donors (Lipinski definition) is 0. The van der Waals surface area contributed by atoms with Crippen LogP contribution in [0.4, 0.5) is 5.69 Å². The Morgan fingerprint density at radius 3 is 2.37 bits per heavy atom. The molecule has 0 radical (unpaired) electrons. The highest BCUT2D eigenvalue weighted by Gasteiger charge is 2.59. The molecule has 5 aliphatic carbocycles. The summed E-state index contributed by atoms with van der Waals surface area (Å²) in [7, 11) is 0. The predicted molar refractivity (Wildman–Crippen MR) is 213 cm³/mol. The summed E-state index contributed by atoms with van der Waals surface area (Å²) in [5, 5.41) is 2.61. The van der Waals surface area contributed by atoms with E-state index in [-0.39, 0.29) is 5.41 Å². The fourth-order valence-corrected chi connectivity index (χ4v) is 11.9. The number of para-hydroxylation sites is 2. The average Bonchev–Trinajstić information content (AvgIpc) is 3.78. The van der Waals surface area contributed by atoms with Crippen molar-refractivity contribution >= 4 is 27.5 Å². The van der Waals surface area contributed by atoms with E-state index in [0.717, 1.165) is 0 Å². The van der Waals surface area contributed by atoms with Gasteiger partial charge in [-0.3, -0.25) is 0 Å². The molecule has 2 fully saturated rings. The van der Waals surface area contributed by atoms with Gasteiger partial charge in [-0.25, -0.2) is 0 Å². The number of hydrogen-bond acceptors (Lipinski definition) is 1. The lowest BCUT2D eigenvalue weighted by atomic mass is 9.60. The maximum absolute atomic E-state index is 2.89. The van der Waals surface area contributed by atoms with E-state index < -0.39 is 0 Å². The van der Waals surface area contributed by atoms with Gasteiger partial charge in [-0.15, -0.1) is 0 Å². The average molecular weight is 663 g/mol. The van der Waals surface area contributed by atoms with Gasteiger partial charge in [0, 0.05) is 40.0 Å². The maximum Gasteiger partial charge on any atom is 0.0541 e. The first-order valence-electron chi connectivity index (χ1n) is 19.5. The summed E-state index contributed by atoms with van der Waals surface area (Å²) < 4.78 is 2.40. The van der Waals surface area contributed by atoms with Gasteiger partial charge in [0.2, 0.25) is 0 Å². The van der Waals surface area contributed by atoms with Crippen molar-refractivity contribution in [3.63, 3.8) is 0 Å². The molecular formula is C49H46N2. The van der Waals surface area contributed by atoms with Gasteiger partial charge in [0.1, 0.15) is 0 Å². The largest absolute Gasteiger partial charge is 0.360 e. The smallest absolute Gasteiger partial charge is 0.0541 e. The number of fused-ring (bicyclic) bond motifs is 12. The quantitative estimate of drug-likeness (QED) is 0.175. The zero-order chi connectivity index (χ0) is 33.8. The zero-order valence-corrected chi connectivity index (χ0v) is 29.7. The first kappa shape index (κ1) is 29.9. The molecule has 0 amide bonds. The van der Waals surface area contributed by atoms with Gasteiger partial charge in [0.05, 0.1) is 17.1 Å². The third kappa shape index (κ3) is 4.23. The summed E-state index contributed by atoms with van der Waals surface area (Å²) in [5.41, 5.74) is 11.3. The molecule has 1 saturated heterocycles. The highest BCUT2D eigenvalue weighted by Crippen LogP contribution is 2.64. The number of allylic oxidation sites excluding steroid dienone is 7. The Balaban J connectivity index is 0.970. The molecule has 51 heavy (non-hydrogen) atoms. The van der Waals surface area contributed by atoms with E-state index in [1.807, 2.05) is 0 Å². The highest BCUT2D eigenvalue weighted by molar-refractivity contribution is 6.10. The van der Waals surface area contributed by atoms with Gasteiger partial charge < -0.3 is 9.47 Å². The molecule has 2 heterocycles. The molecule has 4 aromatic carbocycles. The minimum absolute atomic E-state index is 0.230. The molecule has 8 unspecified atom stereocenters. The fourth-order valence-electron chi connectivity index (χ4n) is 11.9. The Bertz CT molecular complexity index is 2340. The second-order valence-electron chi connectivity index (χ2n) is 16.7. The first-order chi connectivity index (χ1) is 25.1. The SMILES string of the molecule is CC1(C)C2=CC=CCC2C2C3C=CC4C5=CCCCC5N(c5ccc(-c6ccc7c(c6)c6ccccc6n7-c6ccccc6)cc5)C4C3C=CC21. The fraction of sp³-hybridized carbons (Fsp3) is 0.306. The normalized spacial score (nSPS) is 31.1. The number of aromatic nitrogens is 1. The van der Waals surface area contributed by atoms with Crippen LogP contribution < -0.4 is 4.90 Å². The van der Waals surface area contributed by atoms with E-state index in [1.165, 1.54) is 70.0 Å². The van der Waals surface area contributed by atoms with Gasteiger partial charge in [-0.2, -0.15) is 0 Å². The zero-order valence-electron chi connectivity index (χ0n) is 29.7. The van der Waals surface area contributed by atoms with E-state index in [2.05, 4.69) is 169 Å². The van der Waals surface area contributed by atoms with Crippen LogP contribution in [0.25, 0.3) is 38.6 Å². The standard InChI is InChI=1S/C49H46N2/c1-49(2)42-17-9-6-16-40(42)47-37-25-26-38-35-14-7-11-19-45(35)51(48(38)39(37)27-28-43(47)49)34-23-20-31(21-24-34)32-22-29-46-41(30-32)36-15-8-10-18-44(36)50(46)33-12-4-3-5-13-33/h3-6,8-10,12-15,17-18,20-30,37-40,43,45,47-48H,7,11,16,19H2,1-2H3. The molecule has 8 atom stereocenters. The van der Waals surface area contributed by atoms with Gasteiger partial charge in [-0.05, 0) is 114 Å². The Morgan fingerprint density at radius 1 is 0.706 bits per heavy atom. The van der Waals surface area contributed by atoms with Crippen LogP contribution in [-0.2, 0) is 0 Å². The first-order valence-corrected chi connectivity index (χ1v) is 19.5. The summed E-state index contributed by atoms with van der Waals surface area (Å²) in [6.07, 6.45) is 25.5. The summed E-state index contributed by atoms with van der Waals surface area (Å²) in [6, 6.07) is 37.3. The Kier molecular flexibility index (Phi) is 6.49. The van der Waals surface area contributed by atoms with E-state index >= 15 is 0 Å². The van der Waals surface area contributed by atoms with Crippen molar-refractivity contribution in [1.82, 2.24) is 4.57 Å². The molecular weight excluding hydrogens is 617 g/mol. The van der Waals surface area contributed by atoms with Crippen LogP contribution in [0, 0.1) is 40.9 Å². The number of anilines is 1. The molecule has 1 aliphatic heterocycles. The van der Waals surface area contributed by atoms with Crippen molar-refractivity contribution in [1.29, 1.82) is 0 Å². The van der Waals surface area contributed by atoms with Gasteiger partial charge in [0.25, 0.3) is 0 Å². The van der Waals surface area contributed by atoms with E-state index in [9.17, 15) is 0 Å². The molecule has 2 heteroatoms. The van der Waals surface area contributed by atoms with Gasteiger partial charge in [-0.1, -0.05) is 123 Å². The van der Waals surface area contributed by atoms with Crippen molar-refractivity contribution < 1.29 is 0 Å². The van der Waals surface area contributed by atoms with Crippen LogP contribution in [-0.4, -0.2) is 16.7 Å². The lowest BCUT2D eigenvalue weighted by Crippen LogP contribution is -2.49. The molecule has 2 nitrogen and oxygen atoms in total. The van der Waals surface area contributed by atoms with Crippen molar-refractivity contribution in [3.05, 3.63) is 157 Å². The van der Waals surface area contributed by atoms with Crippen LogP contribution in [0.5, 0.6) is 0 Å². The lowest BCUT2D eigenvalue weighted by Gasteiger charge is -2.48. The molecule has 5 aromatic rings. The van der Waals surface area contributed by atoms with Crippen LogP contribution >= 0.6 is 0 Å². The molecule has 1 aromatic heterocycles. The Labute approximate surface area is 302 Å². The number of benzene rings is 4. The van der Waals surface area contributed by atoms with Crippen molar-refractivity contribution in [3.8, 4) is 16.8 Å². The van der Waals surface area contributed by atoms with Crippen LogP contribution in [0.1, 0.15) is 39.5 Å². The molecule has 6 aliphatic rings. The van der Waals surface area contributed by atoms with Crippen molar-refractivity contribution in [2.75, 3.05) is 4.90 Å². The second kappa shape index (κ2) is 11.1. The third-order valence-corrected chi connectivity index (χ3v) is 14.1. The molecule has 0 N–H and O–H groups in total. The third-order valence-electron chi connectivity index (χ3n) is 14.1. The monoisotopic (exact) mass is 662 g/mol. The van der Waals surface area contributed by atoms with Crippen LogP contribution in [0.3, 0.4) is 0 Å². The highest BCUT2D eigenvalue weighted by atomic mass is 15.2. The minimum Gasteiger partial charge on any atom is -0.360 e. The summed E-state index contributed by atoms with van der Waals surface area (Å²) in [4.78, 5) is 2.89. The van der Waals surface area contributed by atoms with Crippen LogP contribution in [0.2, 0.25) is 0 Å². The summed E-state index contributed by atoms with van der Waals surface area (Å²) in [6.45, 7) is 5.02. The summed E-state index contributed by atoms with van der Waals surface area (Å²) in [5.74, 6) is 3.62. The second-order valence-corrected chi connectivity index (χ2v) is 16.7. The maximum atomic E-state index is 2.89. The lowest BCUT2D eigenvalue weighted by molar-refractivity contribution is 0.154. The molecule has 1 saturated carbocycles. The van der Waals surface area contributed by atoms with E-state index in [1.54, 1.807) is 11.1 Å². The molecule has 252 valence electrons. The van der Waals surface area contributed by atoms with Gasteiger partial charge >= 0.3 is 0 Å². The predicted octanol–water partition coefficient (Wildman–Crippen LogP) is 11.9. The minimum atomic E-state index is 0.230. The molecule has 11 rings (SSSR count). The van der Waals surface area contributed by atoms with E-state index in [4.69, 9.17) is 0 Å².